The molecule has 4 rings (SSSR count). The largest absolute Gasteiger partial charge is 0.396 e. The third-order valence-electron chi connectivity index (χ3n) is 10.1. The van der Waals surface area contributed by atoms with Crippen molar-refractivity contribution in [2.24, 2.45) is 40.4 Å². The lowest BCUT2D eigenvalue weighted by molar-refractivity contribution is -0.144. The highest BCUT2D eigenvalue weighted by atomic mass is 32.2. The van der Waals surface area contributed by atoms with E-state index in [1.54, 1.807) is 11.8 Å². The molecule has 2 N–H and O–H groups in total. The molecule has 0 bridgehead atoms. The molecular weight excluding hydrogens is 392 g/mol. The van der Waals surface area contributed by atoms with Gasteiger partial charge in [-0.2, -0.15) is 11.8 Å². The zero-order valence-corrected chi connectivity index (χ0v) is 19.7. The van der Waals surface area contributed by atoms with E-state index in [1.807, 2.05) is 0 Å². The van der Waals surface area contributed by atoms with E-state index >= 15 is 0 Å². The number of thioether (sulfide) groups is 1. The van der Waals surface area contributed by atoms with Crippen LogP contribution in [-0.4, -0.2) is 39.7 Å². The lowest BCUT2D eigenvalue weighted by Gasteiger charge is -2.61. The number of fused-ring (bicyclic) bond motifs is 5. The lowest BCUT2D eigenvalue weighted by Crippen LogP contribution is -2.56. The first-order valence-corrected chi connectivity index (χ1v) is 13.3. The fourth-order valence-corrected chi connectivity index (χ4v) is 9.23. The van der Waals surface area contributed by atoms with Crippen LogP contribution in [-0.2, 0) is 4.79 Å². The number of aliphatic hydroxyl groups excluding tert-OH is 1. The zero-order chi connectivity index (χ0) is 21.6. The average Bonchev–Trinajstić information content (AvgIpc) is 3.09. The van der Waals surface area contributed by atoms with Crippen molar-refractivity contribution < 1.29 is 15.0 Å². The summed E-state index contributed by atoms with van der Waals surface area (Å²) in [6, 6.07) is 0. The van der Waals surface area contributed by atoms with Crippen LogP contribution in [0.5, 0.6) is 0 Å². The highest BCUT2D eigenvalue weighted by Crippen LogP contribution is 2.68. The number of carbonyl (C=O) groups excluding carboxylic acids is 1. The van der Waals surface area contributed by atoms with Gasteiger partial charge in [-0.05, 0) is 104 Å². The first kappa shape index (κ1) is 22.7. The van der Waals surface area contributed by atoms with E-state index in [-0.39, 0.29) is 17.9 Å². The van der Waals surface area contributed by atoms with E-state index in [1.165, 1.54) is 32.1 Å². The maximum Gasteiger partial charge on any atom is 0.146 e. The zero-order valence-electron chi connectivity index (χ0n) is 18.9. The molecule has 0 amide bonds. The van der Waals surface area contributed by atoms with Crippen LogP contribution < -0.4 is 0 Å². The van der Waals surface area contributed by atoms with Gasteiger partial charge in [0.15, 0.2) is 0 Å². The molecule has 4 fully saturated rings. The number of terminal acetylenes is 1. The summed E-state index contributed by atoms with van der Waals surface area (Å²) >= 11 is 1.70. The minimum atomic E-state index is -0.890. The molecule has 3 nitrogen and oxygen atoms in total. The van der Waals surface area contributed by atoms with E-state index < -0.39 is 5.60 Å². The third kappa shape index (κ3) is 3.67. The van der Waals surface area contributed by atoms with Gasteiger partial charge in [0.2, 0.25) is 0 Å². The number of hydrogen-bond acceptors (Lipinski definition) is 4. The van der Waals surface area contributed by atoms with Crippen LogP contribution >= 0.6 is 11.8 Å². The molecule has 30 heavy (non-hydrogen) atoms. The Labute approximate surface area is 187 Å². The Morgan fingerprint density at radius 3 is 2.57 bits per heavy atom. The topological polar surface area (TPSA) is 57.5 Å². The molecule has 4 heteroatoms. The first-order chi connectivity index (χ1) is 14.3. The van der Waals surface area contributed by atoms with Gasteiger partial charge in [0.05, 0.1) is 5.75 Å². The fraction of sp³-hybridized carbons (Fsp3) is 0.885. The standard InChI is InChI=1S/C26H40O3S/c1-4-26(29)13-12-24(2)18(16-26)6-7-19-20-8-9-22(23(28)17-30-15-5-14-27)25(20,3)11-10-21(19)24/h1,18-22,27,29H,5-17H2,2-3H3/t18-,19+,20+,21+,22-,24+,25+,26-/m1/s1. The van der Waals surface area contributed by atoms with Crippen LogP contribution in [0.4, 0.5) is 0 Å². The fourth-order valence-electron chi connectivity index (χ4n) is 8.35. The molecule has 0 radical (unpaired) electrons. The van der Waals surface area contributed by atoms with Crippen molar-refractivity contribution in [3.63, 3.8) is 0 Å². The van der Waals surface area contributed by atoms with Gasteiger partial charge in [-0.15, -0.1) is 6.42 Å². The maximum absolute atomic E-state index is 13.1. The molecule has 4 aliphatic carbocycles. The molecule has 0 saturated heterocycles. The lowest BCUT2D eigenvalue weighted by atomic mass is 9.44. The molecule has 0 unspecified atom stereocenters. The van der Waals surface area contributed by atoms with Crippen molar-refractivity contribution in [3.05, 3.63) is 0 Å². The monoisotopic (exact) mass is 432 g/mol. The Kier molecular flexibility index (Phi) is 6.39. The van der Waals surface area contributed by atoms with E-state index in [9.17, 15) is 9.90 Å². The Hall–Kier alpha value is -0.500. The number of aliphatic hydroxyl groups is 2. The van der Waals surface area contributed by atoms with Gasteiger partial charge in [0.25, 0.3) is 0 Å². The molecule has 168 valence electrons. The minimum absolute atomic E-state index is 0.174. The number of Topliss-reactive ketones (excluding diaryl/α,β-unsaturated/α-hetero) is 1. The van der Waals surface area contributed by atoms with Crippen LogP contribution in [0.25, 0.3) is 0 Å². The highest BCUT2D eigenvalue weighted by molar-refractivity contribution is 7.99. The second-order valence-corrected chi connectivity index (χ2v) is 12.4. The predicted octanol–water partition coefficient (Wildman–Crippen LogP) is 4.69. The van der Waals surface area contributed by atoms with E-state index in [0.717, 1.165) is 49.7 Å². The molecule has 0 aromatic carbocycles. The highest BCUT2D eigenvalue weighted by Gasteiger charge is 2.61. The van der Waals surface area contributed by atoms with Crippen LogP contribution in [0.2, 0.25) is 0 Å². The summed E-state index contributed by atoms with van der Waals surface area (Å²) in [5.74, 6) is 7.56. The SMILES string of the molecule is C#C[C@@]1(O)CC[C@@]2(C)[C@H](CC[C@@H]3[C@@H]2CC[C@]2(C)[C@@H](C(=O)CSCCCO)CC[C@@H]32)C1. The predicted molar refractivity (Wildman–Crippen MR) is 123 cm³/mol. The van der Waals surface area contributed by atoms with Crippen molar-refractivity contribution in [2.45, 2.75) is 83.7 Å². The van der Waals surface area contributed by atoms with Crippen molar-refractivity contribution in [3.8, 4) is 12.3 Å². The number of carbonyl (C=O) groups is 1. The summed E-state index contributed by atoms with van der Waals surface area (Å²) in [6.45, 7) is 5.13. The Balaban J connectivity index is 1.46. The average molecular weight is 433 g/mol. The van der Waals surface area contributed by atoms with Crippen molar-refractivity contribution >= 4 is 17.5 Å². The van der Waals surface area contributed by atoms with E-state index in [4.69, 9.17) is 11.5 Å². The second kappa shape index (κ2) is 8.45. The van der Waals surface area contributed by atoms with Crippen LogP contribution in [0.1, 0.15) is 78.1 Å². The smallest absolute Gasteiger partial charge is 0.146 e. The van der Waals surface area contributed by atoms with Gasteiger partial charge >= 0.3 is 0 Å². The van der Waals surface area contributed by atoms with Gasteiger partial charge in [0, 0.05) is 12.5 Å². The van der Waals surface area contributed by atoms with Gasteiger partial charge in [0.1, 0.15) is 11.4 Å². The quantitative estimate of drug-likeness (QED) is 0.472. The van der Waals surface area contributed by atoms with Crippen molar-refractivity contribution in [1.29, 1.82) is 0 Å². The molecular formula is C26H40O3S. The summed E-state index contributed by atoms with van der Waals surface area (Å²) in [5.41, 5.74) is -0.415. The Bertz CT molecular complexity index is 701. The number of ketones is 1. The number of hydrogen-bond donors (Lipinski definition) is 2. The van der Waals surface area contributed by atoms with E-state index in [2.05, 4.69) is 19.8 Å². The number of rotatable bonds is 6. The molecule has 0 spiro atoms. The van der Waals surface area contributed by atoms with Crippen LogP contribution in [0.15, 0.2) is 0 Å². The first-order valence-electron chi connectivity index (χ1n) is 12.2. The summed E-state index contributed by atoms with van der Waals surface area (Å²) < 4.78 is 0. The van der Waals surface area contributed by atoms with Gasteiger partial charge < -0.3 is 10.2 Å². The van der Waals surface area contributed by atoms with Crippen LogP contribution in [0, 0.1) is 52.8 Å². The second-order valence-electron chi connectivity index (χ2n) is 11.3. The molecule has 0 aliphatic heterocycles. The van der Waals surface area contributed by atoms with Gasteiger partial charge in [-0.1, -0.05) is 19.8 Å². The molecule has 0 heterocycles. The van der Waals surface area contributed by atoms with Gasteiger partial charge in [-0.25, -0.2) is 0 Å². The normalized spacial score (nSPS) is 47.6. The molecule has 0 aromatic heterocycles. The Morgan fingerprint density at radius 1 is 1.07 bits per heavy atom. The van der Waals surface area contributed by atoms with E-state index in [0.29, 0.717) is 28.8 Å². The molecule has 4 saturated carbocycles. The van der Waals surface area contributed by atoms with Gasteiger partial charge in [-0.3, -0.25) is 4.79 Å². The summed E-state index contributed by atoms with van der Waals surface area (Å²) in [4.78, 5) is 13.1. The summed E-state index contributed by atoms with van der Waals surface area (Å²) in [7, 11) is 0. The molecule has 8 atom stereocenters. The molecule has 4 aliphatic rings. The summed E-state index contributed by atoms with van der Waals surface area (Å²) in [6.07, 6.45) is 16.1. The summed E-state index contributed by atoms with van der Waals surface area (Å²) in [5, 5.41) is 19.7. The van der Waals surface area contributed by atoms with Crippen LogP contribution in [0.3, 0.4) is 0 Å². The third-order valence-corrected chi connectivity index (χ3v) is 11.1. The molecule has 0 aromatic rings. The van der Waals surface area contributed by atoms with Crippen molar-refractivity contribution in [1.82, 2.24) is 0 Å². The Morgan fingerprint density at radius 2 is 1.83 bits per heavy atom. The van der Waals surface area contributed by atoms with Crippen molar-refractivity contribution in [2.75, 3.05) is 18.1 Å². The minimum Gasteiger partial charge on any atom is -0.396 e. The maximum atomic E-state index is 13.1.